The number of benzene rings is 2. The number of rotatable bonds is 3. The number of aromatic hydroxyl groups is 2. The van der Waals surface area contributed by atoms with Crippen LogP contribution in [0.3, 0.4) is 0 Å². The van der Waals surface area contributed by atoms with E-state index in [-0.39, 0.29) is 64.4 Å². The van der Waals surface area contributed by atoms with Gasteiger partial charge in [-0.05, 0) is 13.0 Å². The van der Waals surface area contributed by atoms with Gasteiger partial charge in [0.1, 0.15) is 17.2 Å². The van der Waals surface area contributed by atoms with Gasteiger partial charge >= 0.3 is 0 Å². The van der Waals surface area contributed by atoms with E-state index in [4.69, 9.17) is 19.9 Å². The molecule has 0 saturated carbocycles. The highest BCUT2D eigenvalue weighted by atomic mass is 35.5. The zero-order valence-corrected chi connectivity index (χ0v) is 21.3. The van der Waals surface area contributed by atoms with Crippen molar-refractivity contribution in [3.8, 4) is 17.2 Å². The molecule has 7 atom stereocenters. The molecule has 0 radical (unpaired) electrons. The van der Waals surface area contributed by atoms with Crippen molar-refractivity contribution in [2.45, 2.75) is 69.4 Å². The fraction of sp³-hybridized carbons (Fsp3) is 0.462. The van der Waals surface area contributed by atoms with Crippen molar-refractivity contribution >= 4 is 24.0 Å². The summed E-state index contributed by atoms with van der Waals surface area (Å²) in [7, 11) is 1.37. The van der Waals surface area contributed by atoms with Crippen LogP contribution >= 0.6 is 12.4 Å². The number of aliphatic hydroxyl groups excluding tert-OH is 2. The van der Waals surface area contributed by atoms with Crippen LogP contribution in [0, 0.1) is 0 Å². The second-order valence-electron chi connectivity index (χ2n) is 9.69. The third-order valence-corrected chi connectivity index (χ3v) is 7.57. The first-order valence-corrected chi connectivity index (χ1v) is 11.9. The topological polar surface area (TPSA) is 169 Å². The molecule has 0 spiro atoms. The summed E-state index contributed by atoms with van der Waals surface area (Å²) in [6.07, 6.45) is -4.13. The van der Waals surface area contributed by atoms with Gasteiger partial charge in [-0.2, -0.15) is 0 Å². The molecule has 5 rings (SSSR count). The molecule has 3 aliphatic rings. The van der Waals surface area contributed by atoms with Crippen LogP contribution < -0.4 is 10.5 Å². The Kier molecular flexibility index (Phi) is 7.28. The molecule has 37 heavy (non-hydrogen) atoms. The Morgan fingerprint density at radius 3 is 2.27 bits per heavy atom. The molecule has 2 aromatic rings. The number of nitrogens with two attached hydrogens (primary N) is 1. The van der Waals surface area contributed by atoms with Crippen molar-refractivity contribution in [2.75, 3.05) is 7.11 Å². The number of hydrogen-bond donors (Lipinski definition) is 5. The third-order valence-electron chi connectivity index (χ3n) is 7.57. The van der Waals surface area contributed by atoms with Crippen LogP contribution in [0.2, 0.25) is 0 Å². The summed E-state index contributed by atoms with van der Waals surface area (Å²) >= 11 is 0. The van der Waals surface area contributed by atoms with Gasteiger partial charge < -0.3 is 40.4 Å². The maximum Gasteiger partial charge on any atom is 0.202 e. The van der Waals surface area contributed by atoms with Crippen molar-refractivity contribution < 1.29 is 44.2 Å². The van der Waals surface area contributed by atoms with Gasteiger partial charge in [0, 0.05) is 41.5 Å². The number of halogens is 1. The third kappa shape index (κ3) is 4.08. The molecule has 4 unspecified atom stereocenters. The Morgan fingerprint density at radius 2 is 1.62 bits per heavy atom. The Balaban J connectivity index is 0.00000320. The minimum atomic E-state index is -0.982. The molecule has 0 aromatic heterocycles. The van der Waals surface area contributed by atoms with Gasteiger partial charge in [0.2, 0.25) is 5.78 Å². The Hall–Kier alpha value is -2.73. The summed E-state index contributed by atoms with van der Waals surface area (Å²) < 4.78 is 17.1. The van der Waals surface area contributed by atoms with Crippen molar-refractivity contribution in [1.29, 1.82) is 0 Å². The highest BCUT2D eigenvalue weighted by Crippen LogP contribution is 2.53. The summed E-state index contributed by atoms with van der Waals surface area (Å²) in [5.41, 5.74) is 5.66. The van der Waals surface area contributed by atoms with Crippen LogP contribution in [0.4, 0.5) is 0 Å². The van der Waals surface area contributed by atoms with Crippen LogP contribution in [0.15, 0.2) is 18.2 Å². The molecule has 200 valence electrons. The van der Waals surface area contributed by atoms with Crippen molar-refractivity contribution in [2.24, 2.45) is 5.73 Å². The lowest BCUT2D eigenvalue weighted by molar-refractivity contribution is -0.244. The van der Waals surface area contributed by atoms with Gasteiger partial charge in [-0.3, -0.25) is 9.59 Å². The van der Waals surface area contributed by atoms with Crippen molar-refractivity contribution in [3.05, 3.63) is 51.6 Å². The van der Waals surface area contributed by atoms with Crippen molar-refractivity contribution in [1.82, 2.24) is 0 Å². The summed E-state index contributed by atoms with van der Waals surface area (Å²) in [5.74, 6) is -2.77. The maximum absolute atomic E-state index is 13.6. The van der Waals surface area contributed by atoms with Gasteiger partial charge in [0.25, 0.3) is 0 Å². The summed E-state index contributed by atoms with van der Waals surface area (Å²) in [6.45, 7) is 3.31. The summed E-state index contributed by atoms with van der Waals surface area (Å²) in [4.78, 5) is 27.0. The van der Waals surface area contributed by atoms with Crippen molar-refractivity contribution in [3.63, 3.8) is 0 Å². The van der Waals surface area contributed by atoms with Gasteiger partial charge in [0.15, 0.2) is 12.1 Å². The van der Waals surface area contributed by atoms with E-state index in [1.807, 2.05) is 0 Å². The predicted molar refractivity (Wildman–Crippen MR) is 133 cm³/mol. The van der Waals surface area contributed by atoms with Crippen LogP contribution in [-0.4, -0.2) is 69.7 Å². The number of carbonyl (C=O) groups is 2. The first-order chi connectivity index (χ1) is 17.1. The molecule has 1 saturated heterocycles. The van der Waals surface area contributed by atoms with E-state index in [2.05, 4.69) is 0 Å². The van der Waals surface area contributed by atoms with E-state index in [0.717, 1.165) is 0 Å². The SMILES string of the molecule is COc1cccc2c1C(=O)c1c(O)c3c(c(O)c1C2=O)[C@@H](C)[C@@H](O)C[C@@H]3OC1CC(N)C(O)C(C)O1.Cl. The molecule has 0 amide bonds. The monoisotopic (exact) mass is 535 g/mol. The standard InChI is InChI=1S/C26H29NO9.ClH/c1-9-13(28)8-15(36-16-7-12(27)22(29)10(2)35-16)19-17(9)24(31)20-21(26(19)33)25(32)18-11(23(20)30)5-4-6-14(18)34-3;/h4-6,9-10,12-13,15-16,22,28-29,31,33H,7-8,27H2,1-3H3;1H/t9-,10?,12?,13-,15-,16?,22?;/m0./s1. The molecule has 2 aromatic carbocycles. The highest BCUT2D eigenvalue weighted by Gasteiger charge is 2.46. The highest BCUT2D eigenvalue weighted by molar-refractivity contribution is 6.31. The molecule has 0 bridgehead atoms. The van der Waals surface area contributed by atoms with Gasteiger partial charge in [-0.1, -0.05) is 19.1 Å². The number of methoxy groups -OCH3 is 1. The quantitative estimate of drug-likeness (QED) is 0.313. The molecule has 2 aliphatic carbocycles. The number of phenolic OH excluding ortho intramolecular Hbond substituents is 2. The Bertz CT molecular complexity index is 1250. The summed E-state index contributed by atoms with van der Waals surface area (Å²) in [5, 5.41) is 43.6. The Morgan fingerprint density at radius 1 is 0.973 bits per heavy atom. The zero-order chi connectivity index (χ0) is 26.0. The largest absolute Gasteiger partial charge is 0.507 e. The molecule has 11 heteroatoms. The number of hydrogen-bond acceptors (Lipinski definition) is 10. The lowest BCUT2D eigenvalue weighted by Crippen LogP contribution is -2.52. The number of phenols is 2. The van der Waals surface area contributed by atoms with Crippen LogP contribution in [0.1, 0.15) is 81.7 Å². The lowest BCUT2D eigenvalue weighted by atomic mass is 9.73. The van der Waals surface area contributed by atoms with E-state index in [9.17, 15) is 30.0 Å². The second-order valence-corrected chi connectivity index (χ2v) is 9.69. The van der Waals surface area contributed by atoms with E-state index in [1.165, 1.54) is 19.2 Å². The van der Waals surface area contributed by atoms with E-state index in [1.54, 1.807) is 19.9 Å². The minimum absolute atomic E-state index is 0. The fourth-order valence-electron chi connectivity index (χ4n) is 5.59. The average molecular weight is 536 g/mol. The van der Waals surface area contributed by atoms with Crippen LogP contribution in [-0.2, 0) is 9.47 Å². The minimum Gasteiger partial charge on any atom is -0.507 e. The number of fused-ring (bicyclic) bond motifs is 3. The molecule has 1 fully saturated rings. The number of carbonyl (C=O) groups excluding carboxylic acids is 2. The van der Waals surface area contributed by atoms with Gasteiger partial charge in [-0.15, -0.1) is 12.4 Å². The fourth-order valence-corrected chi connectivity index (χ4v) is 5.59. The van der Waals surface area contributed by atoms with E-state index >= 15 is 0 Å². The number of aliphatic hydroxyl groups is 2. The first kappa shape index (κ1) is 27.3. The van der Waals surface area contributed by atoms with Crippen LogP contribution in [0.5, 0.6) is 17.2 Å². The molecule has 1 aliphatic heterocycles. The normalized spacial score (nSPS) is 30.6. The molecule has 10 nitrogen and oxygen atoms in total. The molecular weight excluding hydrogens is 506 g/mol. The first-order valence-electron chi connectivity index (χ1n) is 11.9. The van der Waals surface area contributed by atoms with E-state index in [0.29, 0.717) is 0 Å². The second kappa shape index (κ2) is 9.86. The average Bonchev–Trinajstić information content (AvgIpc) is 2.84. The van der Waals surface area contributed by atoms with Crippen LogP contribution in [0.25, 0.3) is 0 Å². The number of ether oxygens (including phenoxy) is 3. The van der Waals surface area contributed by atoms with Gasteiger partial charge in [0.05, 0.1) is 48.2 Å². The summed E-state index contributed by atoms with van der Waals surface area (Å²) in [6, 6.07) is 3.94. The lowest BCUT2D eigenvalue weighted by Gasteiger charge is -2.41. The predicted octanol–water partition coefficient (Wildman–Crippen LogP) is 2.05. The number of ketones is 2. The molecule has 1 heterocycles. The van der Waals surface area contributed by atoms with E-state index < -0.39 is 65.7 Å². The van der Waals surface area contributed by atoms with Gasteiger partial charge in [-0.25, -0.2) is 0 Å². The smallest absolute Gasteiger partial charge is 0.202 e. The molecule has 6 N–H and O–H groups in total. The zero-order valence-electron chi connectivity index (χ0n) is 20.5. The Labute approximate surface area is 219 Å². The molecular formula is C26H30ClNO9. The maximum atomic E-state index is 13.6.